The van der Waals surface area contributed by atoms with Gasteiger partial charge in [0.1, 0.15) is 18.1 Å². The minimum absolute atomic E-state index is 0.116. The molecule has 0 saturated heterocycles. The first-order valence-corrected chi connectivity index (χ1v) is 11.7. The number of anilines is 1. The van der Waals surface area contributed by atoms with Crippen LogP contribution in [0.1, 0.15) is 63.1 Å². The van der Waals surface area contributed by atoms with E-state index in [1.807, 2.05) is 19.1 Å². The summed E-state index contributed by atoms with van der Waals surface area (Å²) in [5, 5.41) is 3.17. The monoisotopic (exact) mass is 487 g/mol. The molecule has 1 N–H and O–H groups in total. The Morgan fingerprint density at radius 3 is 2.49 bits per heavy atom. The van der Waals surface area contributed by atoms with Crippen molar-refractivity contribution in [3.63, 3.8) is 0 Å². The number of furan rings is 1. The number of carbonyl (C=O) groups is 2. The lowest BCUT2D eigenvalue weighted by Gasteiger charge is -2.14. The number of rotatable bonds is 8. The highest BCUT2D eigenvalue weighted by atomic mass is 35.5. The Labute approximate surface area is 209 Å². The van der Waals surface area contributed by atoms with Crippen molar-refractivity contribution < 1.29 is 18.7 Å². The lowest BCUT2D eigenvalue weighted by atomic mass is 10.0. The molecule has 0 saturated carbocycles. The molecule has 5 nitrogen and oxygen atoms in total. The van der Waals surface area contributed by atoms with Crippen LogP contribution in [-0.4, -0.2) is 11.7 Å². The molecule has 178 valence electrons. The molecule has 4 aromatic rings. The number of ketones is 1. The quantitative estimate of drug-likeness (QED) is 0.262. The number of amides is 1. The molecular formula is C29H26ClNO4. The molecule has 0 radical (unpaired) electrons. The van der Waals surface area contributed by atoms with Gasteiger partial charge in [-0.05, 0) is 60.4 Å². The normalized spacial score (nSPS) is 10.9. The van der Waals surface area contributed by atoms with Gasteiger partial charge in [-0.1, -0.05) is 67.9 Å². The number of halogens is 1. The summed E-state index contributed by atoms with van der Waals surface area (Å²) < 4.78 is 11.7. The first-order chi connectivity index (χ1) is 16.8. The Morgan fingerprint density at radius 1 is 0.971 bits per heavy atom. The summed E-state index contributed by atoms with van der Waals surface area (Å²) in [6.07, 6.45) is 0. The summed E-state index contributed by atoms with van der Waals surface area (Å²) >= 11 is 6.13. The summed E-state index contributed by atoms with van der Waals surface area (Å²) in [6.45, 7) is 6.43. The van der Waals surface area contributed by atoms with Crippen LogP contribution in [0.4, 0.5) is 5.69 Å². The standard InChI is InChI=1S/C29H26ClNO4/c1-18(2)23-12-9-19(3)15-27(23)34-17-22-11-14-26(35-22)29(33)31-25-13-10-21(30)16-24(25)28(32)20-7-5-4-6-8-20/h4-16,18H,17H2,1-3H3,(H,31,33). The van der Waals surface area contributed by atoms with Crippen molar-refractivity contribution in [1.82, 2.24) is 0 Å². The molecular weight excluding hydrogens is 462 g/mol. The zero-order valence-corrected chi connectivity index (χ0v) is 20.6. The summed E-state index contributed by atoms with van der Waals surface area (Å²) in [5.74, 6) is 1.03. The third-order valence-electron chi connectivity index (χ3n) is 5.56. The third kappa shape index (κ3) is 5.81. The number of aryl methyl sites for hydroxylation is 1. The van der Waals surface area contributed by atoms with Crippen LogP contribution < -0.4 is 10.1 Å². The summed E-state index contributed by atoms with van der Waals surface area (Å²) in [5.41, 5.74) is 3.36. The maximum Gasteiger partial charge on any atom is 0.291 e. The second-order valence-corrected chi connectivity index (χ2v) is 9.03. The number of hydrogen-bond acceptors (Lipinski definition) is 4. The average Bonchev–Trinajstić information content (AvgIpc) is 3.33. The molecule has 1 amide bonds. The molecule has 0 fully saturated rings. The summed E-state index contributed by atoms with van der Waals surface area (Å²) in [4.78, 5) is 25.9. The Kier molecular flexibility index (Phi) is 7.37. The molecule has 1 aromatic heterocycles. The second-order valence-electron chi connectivity index (χ2n) is 8.59. The summed E-state index contributed by atoms with van der Waals surface area (Å²) in [7, 11) is 0. The van der Waals surface area contributed by atoms with Gasteiger partial charge >= 0.3 is 0 Å². The highest BCUT2D eigenvalue weighted by Crippen LogP contribution is 2.29. The number of hydrogen-bond donors (Lipinski definition) is 1. The maximum atomic E-state index is 13.0. The largest absolute Gasteiger partial charge is 0.485 e. The maximum absolute atomic E-state index is 13.0. The topological polar surface area (TPSA) is 68.5 Å². The molecule has 0 bridgehead atoms. The van der Waals surface area contributed by atoms with Crippen LogP contribution in [0.2, 0.25) is 5.02 Å². The highest BCUT2D eigenvalue weighted by molar-refractivity contribution is 6.31. The van der Waals surface area contributed by atoms with Crippen LogP contribution in [0.3, 0.4) is 0 Å². The molecule has 0 spiro atoms. The number of carbonyl (C=O) groups excluding carboxylic acids is 2. The molecule has 35 heavy (non-hydrogen) atoms. The molecule has 4 rings (SSSR count). The van der Waals surface area contributed by atoms with Crippen molar-refractivity contribution in [2.24, 2.45) is 0 Å². The van der Waals surface area contributed by atoms with Crippen LogP contribution in [-0.2, 0) is 6.61 Å². The zero-order chi connectivity index (χ0) is 24.9. The smallest absolute Gasteiger partial charge is 0.291 e. The van der Waals surface area contributed by atoms with E-state index in [0.717, 1.165) is 16.9 Å². The predicted molar refractivity (Wildman–Crippen MR) is 138 cm³/mol. The molecule has 6 heteroatoms. The second kappa shape index (κ2) is 10.6. The molecule has 0 atom stereocenters. The number of nitrogens with one attached hydrogen (secondary N) is 1. The Hall–Kier alpha value is -3.83. The molecule has 1 heterocycles. The fourth-order valence-electron chi connectivity index (χ4n) is 3.71. The molecule has 0 aliphatic rings. The van der Waals surface area contributed by atoms with E-state index in [4.69, 9.17) is 20.8 Å². The number of ether oxygens (including phenoxy) is 1. The highest BCUT2D eigenvalue weighted by Gasteiger charge is 2.19. The molecule has 0 unspecified atom stereocenters. The van der Waals surface area contributed by atoms with E-state index in [-0.39, 0.29) is 18.2 Å². The molecule has 3 aromatic carbocycles. The van der Waals surface area contributed by atoms with Gasteiger partial charge in [0.2, 0.25) is 0 Å². The minimum atomic E-state index is -0.473. The molecule has 0 aliphatic carbocycles. The fourth-order valence-corrected chi connectivity index (χ4v) is 3.88. The van der Waals surface area contributed by atoms with Crippen LogP contribution in [0.25, 0.3) is 0 Å². The van der Waals surface area contributed by atoms with Crippen LogP contribution in [0.15, 0.2) is 83.3 Å². The first-order valence-electron chi connectivity index (χ1n) is 11.3. The van der Waals surface area contributed by atoms with Gasteiger partial charge in [-0.25, -0.2) is 0 Å². The van der Waals surface area contributed by atoms with E-state index < -0.39 is 5.91 Å². The van der Waals surface area contributed by atoms with Gasteiger partial charge in [0, 0.05) is 16.1 Å². The lowest BCUT2D eigenvalue weighted by Crippen LogP contribution is -2.14. The third-order valence-corrected chi connectivity index (χ3v) is 5.79. The van der Waals surface area contributed by atoms with E-state index in [2.05, 4.69) is 31.3 Å². The van der Waals surface area contributed by atoms with Gasteiger partial charge in [-0.3, -0.25) is 9.59 Å². The van der Waals surface area contributed by atoms with Gasteiger partial charge in [-0.2, -0.15) is 0 Å². The molecule has 0 aliphatic heterocycles. The van der Waals surface area contributed by atoms with Gasteiger partial charge in [0.05, 0.1) is 5.69 Å². The summed E-state index contributed by atoms with van der Waals surface area (Å²) in [6, 6.07) is 23.0. The van der Waals surface area contributed by atoms with E-state index >= 15 is 0 Å². The average molecular weight is 488 g/mol. The Bertz CT molecular complexity index is 1360. The van der Waals surface area contributed by atoms with Crippen molar-refractivity contribution in [2.45, 2.75) is 33.3 Å². The fraction of sp³-hybridized carbons (Fsp3) is 0.172. The van der Waals surface area contributed by atoms with Gasteiger partial charge in [-0.15, -0.1) is 0 Å². The lowest BCUT2D eigenvalue weighted by molar-refractivity contribution is 0.0992. The van der Waals surface area contributed by atoms with E-state index in [0.29, 0.717) is 33.5 Å². The van der Waals surface area contributed by atoms with Gasteiger partial charge in [0.15, 0.2) is 11.5 Å². The van der Waals surface area contributed by atoms with Crippen LogP contribution >= 0.6 is 11.6 Å². The van der Waals surface area contributed by atoms with Crippen molar-refractivity contribution in [2.75, 3.05) is 5.32 Å². The Balaban J connectivity index is 1.49. The Morgan fingerprint density at radius 2 is 1.74 bits per heavy atom. The zero-order valence-electron chi connectivity index (χ0n) is 19.8. The van der Waals surface area contributed by atoms with Crippen molar-refractivity contribution in [3.8, 4) is 5.75 Å². The number of benzene rings is 3. The van der Waals surface area contributed by atoms with Crippen molar-refractivity contribution in [3.05, 3.63) is 118 Å². The van der Waals surface area contributed by atoms with Crippen LogP contribution in [0, 0.1) is 6.92 Å². The van der Waals surface area contributed by atoms with E-state index in [1.54, 1.807) is 54.6 Å². The van der Waals surface area contributed by atoms with Crippen molar-refractivity contribution in [1.29, 1.82) is 0 Å². The van der Waals surface area contributed by atoms with E-state index in [9.17, 15) is 9.59 Å². The van der Waals surface area contributed by atoms with Gasteiger partial charge < -0.3 is 14.5 Å². The van der Waals surface area contributed by atoms with Gasteiger partial charge in [0.25, 0.3) is 5.91 Å². The minimum Gasteiger partial charge on any atom is -0.485 e. The van der Waals surface area contributed by atoms with Crippen LogP contribution in [0.5, 0.6) is 5.75 Å². The predicted octanol–water partition coefficient (Wildman–Crippen LogP) is 7.43. The van der Waals surface area contributed by atoms with Crippen molar-refractivity contribution >= 4 is 29.0 Å². The van der Waals surface area contributed by atoms with E-state index in [1.165, 1.54) is 0 Å². The SMILES string of the molecule is Cc1ccc(C(C)C)c(OCc2ccc(C(=O)Nc3ccc(Cl)cc3C(=O)c3ccccc3)o2)c1. The first kappa shape index (κ1) is 24.3.